The molecule has 0 fully saturated rings. The van der Waals surface area contributed by atoms with E-state index < -0.39 is 5.54 Å². The molecule has 70 heavy (non-hydrogen) atoms. The Morgan fingerprint density at radius 3 is 1.59 bits per heavy atom. The van der Waals surface area contributed by atoms with Crippen LogP contribution in [0.15, 0.2) is 243 Å². The summed E-state index contributed by atoms with van der Waals surface area (Å²) in [5, 5.41) is 0. The number of fused-ring (bicyclic) bond motifs is 9. The molecule has 3 heterocycles. The van der Waals surface area contributed by atoms with Gasteiger partial charge in [-0.25, -0.2) is 0 Å². The van der Waals surface area contributed by atoms with E-state index in [0.29, 0.717) is 0 Å². The molecule has 0 spiro atoms. The van der Waals surface area contributed by atoms with Crippen LogP contribution in [0.2, 0.25) is 0 Å². The van der Waals surface area contributed by atoms with Gasteiger partial charge in [0.1, 0.15) is 0 Å². The van der Waals surface area contributed by atoms with Gasteiger partial charge < -0.3 is 14.7 Å². The predicted molar refractivity (Wildman–Crippen MR) is 295 cm³/mol. The molecular weight excluding hydrogens is 846 g/mol. The van der Waals surface area contributed by atoms with Gasteiger partial charge in [-0.2, -0.15) is 0 Å². The Balaban J connectivity index is 1.10. The minimum absolute atomic E-state index is 0.0147. The van der Waals surface area contributed by atoms with E-state index in [2.05, 4.69) is 271 Å². The van der Waals surface area contributed by atoms with Crippen molar-refractivity contribution < 1.29 is 0 Å². The van der Waals surface area contributed by atoms with Gasteiger partial charge in [-0.15, -0.1) is 0 Å². The SMILES string of the molecule is CC12CCc3ccccc3C1(C)N(c1cc3c4c(c1)N(c1cccc(-c5ccccc5)c1)c1cc(-c5ccccc5)ccc1B4c1ccccc1N3c1ccccc1)c1ccc(-c3ccccc3)cc12. The average Bonchev–Trinajstić information content (AvgIpc) is 3.64. The van der Waals surface area contributed by atoms with E-state index in [1.807, 2.05) is 0 Å². The van der Waals surface area contributed by atoms with E-state index in [1.54, 1.807) is 0 Å². The standard InChI is InChI=1S/C66H50BN3/c1-65-39-38-48-26-15-16-31-55(48)66(65,2)70(59-37-35-50(41-56(59)65)46-22-9-4-10-23-46)54-43-62-64-63(44-54)69(53-30-19-27-49(40-53)45-20-7-3-8-21-45)61-42-51(47-24-11-5-12-25-47)34-36-58(61)67(64)57-32-17-18-33-60(57)68(62)52-28-13-6-14-29-52/h3-37,40-44H,38-39H2,1-2H3. The third-order valence-corrected chi connectivity index (χ3v) is 16.5. The molecule has 4 heteroatoms. The van der Waals surface area contributed by atoms with Crippen molar-refractivity contribution >= 4 is 68.6 Å². The molecule has 4 aliphatic rings. The number of rotatable bonds is 6. The summed E-state index contributed by atoms with van der Waals surface area (Å²) in [7, 11) is 0. The van der Waals surface area contributed by atoms with Crippen molar-refractivity contribution in [3.05, 3.63) is 259 Å². The largest absolute Gasteiger partial charge is 0.330 e. The Morgan fingerprint density at radius 2 is 0.886 bits per heavy atom. The van der Waals surface area contributed by atoms with Gasteiger partial charge in [0.15, 0.2) is 0 Å². The minimum atomic E-state index is -0.422. The lowest BCUT2D eigenvalue weighted by Gasteiger charge is -2.52. The third-order valence-electron chi connectivity index (χ3n) is 16.5. The number of hydrogen-bond donors (Lipinski definition) is 0. The van der Waals surface area contributed by atoms with Gasteiger partial charge in [-0.1, -0.05) is 189 Å². The van der Waals surface area contributed by atoms with Crippen molar-refractivity contribution in [2.24, 2.45) is 0 Å². The Labute approximate surface area is 411 Å². The monoisotopic (exact) mass is 895 g/mol. The average molecular weight is 896 g/mol. The smallest absolute Gasteiger partial charge is 0.252 e. The molecule has 1 aliphatic carbocycles. The molecule has 0 saturated carbocycles. The van der Waals surface area contributed by atoms with Gasteiger partial charge in [-0.3, -0.25) is 0 Å². The van der Waals surface area contributed by atoms with Crippen LogP contribution >= 0.6 is 0 Å². The van der Waals surface area contributed by atoms with Gasteiger partial charge in [0.05, 0.1) is 5.54 Å². The number of anilines is 8. The zero-order chi connectivity index (χ0) is 46.6. The Bertz CT molecular complexity index is 3670. The maximum atomic E-state index is 2.75. The zero-order valence-electron chi connectivity index (χ0n) is 39.4. The first-order valence-electron chi connectivity index (χ1n) is 24.8. The highest BCUT2D eigenvalue weighted by Crippen LogP contribution is 2.65. The first kappa shape index (κ1) is 40.7. The zero-order valence-corrected chi connectivity index (χ0v) is 39.4. The summed E-state index contributed by atoms with van der Waals surface area (Å²) < 4.78 is 0. The third kappa shape index (κ3) is 5.89. The van der Waals surface area contributed by atoms with Crippen molar-refractivity contribution in [1.82, 2.24) is 0 Å². The Kier molecular flexibility index (Phi) is 9.07. The second-order valence-corrected chi connectivity index (χ2v) is 19.9. The van der Waals surface area contributed by atoms with Crippen LogP contribution in [0.1, 0.15) is 37.0 Å². The summed E-state index contributed by atoms with van der Waals surface area (Å²) in [4.78, 5) is 7.89. The van der Waals surface area contributed by atoms with Crippen LogP contribution in [0.3, 0.4) is 0 Å². The fourth-order valence-electron chi connectivity index (χ4n) is 13.0. The van der Waals surface area contributed by atoms with Gasteiger partial charge >= 0.3 is 0 Å². The molecule has 3 nitrogen and oxygen atoms in total. The molecule has 2 unspecified atom stereocenters. The lowest BCUT2D eigenvalue weighted by molar-refractivity contribution is 0.245. The molecular formula is C66H50BN3. The normalized spacial score (nSPS) is 18.0. The van der Waals surface area contributed by atoms with E-state index in [9.17, 15) is 0 Å². The predicted octanol–water partition coefficient (Wildman–Crippen LogP) is 15.0. The molecule has 332 valence electrons. The van der Waals surface area contributed by atoms with Crippen LogP contribution in [0.25, 0.3) is 33.4 Å². The number of para-hydroxylation sites is 2. The summed E-state index contributed by atoms with van der Waals surface area (Å²) in [6.45, 7) is 5.07. The minimum Gasteiger partial charge on any atom is -0.330 e. The lowest BCUT2D eigenvalue weighted by atomic mass is 9.33. The highest BCUT2D eigenvalue weighted by Gasteiger charge is 2.60. The summed E-state index contributed by atoms with van der Waals surface area (Å²) in [5.41, 5.74) is 24.3. The van der Waals surface area contributed by atoms with E-state index in [1.165, 1.54) is 101 Å². The first-order valence-corrected chi connectivity index (χ1v) is 24.8. The Hall–Kier alpha value is -8.34. The van der Waals surface area contributed by atoms with Crippen LogP contribution in [0.4, 0.5) is 45.5 Å². The second kappa shape index (κ2) is 15.6. The van der Waals surface area contributed by atoms with E-state index in [-0.39, 0.29) is 12.1 Å². The van der Waals surface area contributed by atoms with Crippen LogP contribution in [-0.4, -0.2) is 6.71 Å². The Morgan fingerprint density at radius 1 is 0.357 bits per heavy atom. The highest BCUT2D eigenvalue weighted by molar-refractivity contribution is 7.00. The topological polar surface area (TPSA) is 9.72 Å². The number of nitrogens with zero attached hydrogens (tertiary/aromatic N) is 3. The summed E-state index contributed by atoms with van der Waals surface area (Å²) in [6, 6.07) is 90.8. The molecule has 0 saturated heterocycles. The fraction of sp³-hybridized carbons (Fsp3) is 0.0909. The molecule has 0 bridgehead atoms. The van der Waals surface area contributed by atoms with Gasteiger partial charge in [-0.05, 0) is 147 Å². The van der Waals surface area contributed by atoms with Crippen LogP contribution < -0.4 is 31.1 Å². The molecule has 0 amide bonds. The molecule has 0 radical (unpaired) electrons. The van der Waals surface area contributed by atoms with E-state index in [4.69, 9.17) is 0 Å². The number of hydrogen-bond acceptors (Lipinski definition) is 3. The maximum absolute atomic E-state index is 2.75. The highest BCUT2D eigenvalue weighted by atomic mass is 15.3. The molecule has 3 aliphatic heterocycles. The molecule has 0 aromatic heterocycles. The first-order chi connectivity index (χ1) is 34.5. The van der Waals surface area contributed by atoms with Crippen molar-refractivity contribution in [3.63, 3.8) is 0 Å². The number of benzene rings is 10. The molecule has 2 atom stereocenters. The maximum Gasteiger partial charge on any atom is 0.252 e. The summed E-state index contributed by atoms with van der Waals surface area (Å²) in [5.74, 6) is 0. The second-order valence-electron chi connectivity index (χ2n) is 19.9. The molecule has 0 N–H and O–H groups in total. The van der Waals surface area contributed by atoms with E-state index >= 15 is 0 Å². The van der Waals surface area contributed by atoms with Crippen molar-refractivity contribution in [2.45, 2.75) is 37.6 Å². The van der Waals surface area contributed by atoms with Crippen LogP contribution in [-0.2, 0) is 17.4 Å². The van der Waals surface area contributed by atoms with Crippen molar-refractivity contribution in [3.8, 4) is 33.4 Å². The van der Waals surface area contributed by atoms with E-state index in [0.717, 1.165) is 24.2 Å². The fourth-order valence-corrected chi connectivity index (χ4v) is 13.0. The molecule has 10 aromatic carbocycles. The van der Waals surface area contributed by atoms with Gasteiger partial charge in [0.25, 0.3) is 6.71 Å². The summed E-state index contributed by atoms with van der Waals surface area (Å²) in [6.07, 6.45) is 2.08. The van der Waals surface area contributed by atoms with Crippen LogP contribution in [0, 0.1) is 0 Å². The van der Waals surface area contributed by atoms with Gasteiger partial charge in [0.2, 0.25) is 0 Å². The van der Waals surface area contributed by atoms with Crippen LogP contribution in [0.5, 0.6) is 0 Å². The number of aryl methyl sites for hydroxylation is 1. The molecule has 10 aromatic rings. The van der Waals surface area contributed by atoms with Gasteiger partial charge in [0, 0.05) is 50.9 Å². The molecule has 14 rings (SSSR count). The summed E-state index contributed by atoms with van der Waals surface area (Å²) >= 11 is 0. The van der Waals surface area contributed by atoms with Crippen molar-refractivity contribution in [2.75, 3.05) is 14.7 Å². The lowest BCUT2D eigenvalue weighted by Crippen LogP contribution is -2.61. The quantitative estimate of drug-likeness (QED) is 0.154. The van der Waals surface area contributed by atoms with Crippen molar-refractivity contribution in [1.29, 1.82) is 0 Å².